The molecule has 1 aromatic heterocycles. The van der Waals surface area contributed by atoms with Gasteiger partial charge in [-0.3, -0.25) is 0 Å². The fourth-order valence-electron chi connectivity index (χ4n) is 1.28. The molecular formula is C10H14Cl2N2S. The highest BCUT2D eigenvalue weighted by molar-refractivity contribution is 7.18. The van der Waals surface area contributed by atoms with Gasteiger partial charge >= 0.3 is 0 Å². The van der Waals surface area contributed by atoms with Gasteiger partial charge in [0.1, 0.15) is 0 Å². The predicted octanol–water partition coefficient (Wildman–Crippen LogP) is 3.03. The van der Waals surface area contributed by atoms with Gasteiger partial charge in [0.2, 0.25) is 0 Å². The van der Waals surface area contributed by atoms with Crippen molar-refractivity contribution < 1.29 is 0 Å². The van der Waals surface area contributed by atoms with E-state index >= 15 is 0 Å². The number of nitrogens with two attached hydrogens (primary N) is 1. The summed E-state index contributed by atoms with van der Waals surface area (Å²) in [4.78, 5) is 4.49. The third-order valence-corrected chi connectivity index (χ3v) is 2.89. The Balaban J connectivity index is 0.000000980. The van der Waals surface area contributed by atoms with E-state index in [1.807, 2.05) is 25.1 Å². The molecule has 0 bridgehead atoms. The summed E-state index contributed by atoms with van der Waals surface area (Å²) in [6, 6.07) is 8.38. The zero-order chi connectivity index (χ0) is 9.26. The maximum Gasteiger partial charge on any atom is 0.0953 e. The summed E-state index contributed by atoms with van der Waals surface area (Å²) >= 11 is 1.73. The van der Waals surface area contributed by atoms with Gasteiger partial charge in [0, 0.05) is 12.5 Å². The summed E-state index contributed by atoms with van der Waals surface area (Å²) in [5.41, 5.74) is 6.80. The molecule has 2 rings (SSSR count). The SMILES string of the molecule is CC(N)Cc1nc2ccccc2s1.Cl.Cl. The monoisotopic (exact) mass is 264 g/mol. The van der Waals surface area contributed by atoms with E-state index in [1.54, 1.807) is 11.3 Å². The van der Waals surface area contributed by atoms with Crippen LogP contribution in [0.2, 0.25) is 0 Å². The van der Waals surface area contributed by atoms with Crippen LogP contribution in [-0.2, 0) is 6.42 Å². The number of para-hydroxylation sites is 1. The van der Waals surface area contributed by atoms with Crippen molar-refractivity contribution in [2.45, 2.75) is 19.4 Å². The van der Waals surface area contributed by atoms with Crippen molar-refractivity contribution in [2.24, 2.45) is 5.73 Å². The molecule has 1 atom stereocenters. The van der Waals surface area contributed by atoms with Crippen molar-refractivity contribution in [2.75, 3.05) is 0 Å². The van der Waals surface area contributed by atoms with E-state index in [-0.39, 0.29) is 30.9 Å². The number of halogens is 2. The van der Waals surface area contributed by atoms with E-state index in [0.29, 0.717) is 0 Å². The first-order valence-corrected chi connectivity index (χ1v) is 5.17. The maximum atomic E-state index is 5.71. The molecule has 5 heteroatoms. The quantitative estimate of drug-likeness (QED) is 0.906. The van der Waals surface area contributed by atoms with Crippen molar-refractivity contribution in [1.82, 2.24) is 4.98 Å². The van der Waals surface area contributed by atoms with Gasteiger partial charge in [-0.15, -0.1) is 36.2 Å². The Morgan fingerprint density at radius 2 is 2.00 bits per heavy atom. The number of hydrogen-bond acceptors (Lipinski definition) is 3. The highest BCUT2D eigenvalue weighted by Crippen LogP contribution is 2.21. The molecular weight excluding hydrogens is 251 g/mol. The van der Waals surface area contributed by atoms with E-state index in [0.717, 1.165) is 16.9 Å². The lowest BCUT2D eigenvalue weighted by molar-refractivity contribution is 0.735. The summed E-state index contributed by atoms with van der Waals surface area (Å²) in [5.74, 6) is 0. The van der Waals surface area contributed by atoms with Gasteiger partial charge in [-0.05, 0) is 19.1 Å². The summed E-state index contributed by atoms with van der Waals surface area (Å²) in [6.45, 7) is 2.01. The second-order valence-corrected chi connectivity index (χ2v) is 4.37. The maximum absolute atomic E-state index is 5.71. The Morgan fingerprint density at radius 1 is 1.33 bits per heavy atom. The van der Waals surface area contributed by atoms with Crippen molar-refractivity contribution in [3.63, 3.8) is 0 Å². The Bertz CT molecular complexity index is 381. The molecule has 1 unspecified atom stereocenters. The second kappa shape index (κ2) is 6.28. The second-order valence-electron chi connectivity index (χ2n) is 3.26. The Kier molecular flexibility index (Phi) is 6.13. The van der Waals surface area contributed by atoms with E-state index in [4.69, 9.17) is 5.73 Å². The lowest BCUT2D eigenvalue weighted by Crippen LogP contribution is -2.17. The first kappa shape index (κ1) is 14.6. The Morgan fingerprint density at radius 3 is 2.60 bits per heavy atom. The van der Waals surface area contributed by atoms with Gasteiger partial charge in [0.05, 0.1) is 15.2 Å². The van der Waals surface area contributed by atoms with Crippen LogP contribution in [0.3, 0.4) is 0 Å². The average molecular weight is 265 g/mol. The molecule has 0 fully saturated rings. The molecule has 1 heterocycles. The molecule has 0 aliphatic rings. The van der Waals surface area contributed by atoms with E-state index in [9.17, 15) is 0 Å². The number of hydrogen-bond donors (Lipinski definition) is 1. The molecule has 2 nitrogen and oxygen atoms in total. The van der Waals surface area contributed by atoms with Crippen LogP contribution in [0.1, 0.15) is 11.9 Å². The molecule has 84 valence electrons. The number of thiazole rings is 1. The molecule has 2 N–H and O–H groups in total. The van der Waals surface area contributed by atoms with E-state index in [1.165, 1.54) is 4.70 Å². The van der Waals surface area contributed by atoms with Crippen molar-refractivity contribution in [3.05, 3.63) is 29.3 Å². The third-order valence-electron chi connectivity index (χ3n) is 1.83. The molecule has 0 radical (unpaired) electrons. The summed E-state index contributed by atoms with van der Waals surface area (Å²) in [7, 11) is 0. The summed E-state index contributed by atoms with van der Waals surface area (Å²) in [5, 5.41) is 1.14. The standard InChI is InChI=1S/C10H12N2S.2ClH/c1-7(11)6-10-12-8-4-2-3-5-9(8)13-10;;/h2-5,7H,6,11H2,1H3;2*1H. The number of benzene rings is 1. The molecule has 0 aliphatic carbocycles. The zero-order valence-electron chi connectivity index (χ0n) is 8.34. The third kappa shape index (κ3) is 3.61. The zero-order valence-corrected chi connectivity index (χ0v) is 10.8. The minimum Gasteiger partial charge on any atom is -0.328 e. The Labute approximate surface area is 106 Å². The molecule has 0 aliphatic heterocycles. The van der Waals surface area contributed by atoms with Gasteiger partial charge in [-0.1, -0.05) is 12.1 Å². The van der Waals surface area contributed by atoms with Crippen molar-refractivity contribution in [1.29, 1.82) is 0 Å². The van der Waals surface area contributed by atoms with Crippen LogP contribution in [0.5, 0.6) is 0 Å². The number of nitrogens with zero attached hydrogens (tertiary/aromatic N) is 1. The van der Waals surface area contributed by atoms with Gasteiger partial charge < -0.3 is 5.73 Å². The van der Waals surface area contributed by atoms with Crippen LogP contribution in [0.15, 0.2) is 24.3 Å². The number of fused-ring (bicyclic) bond motifs is 1. The molecule has 0 saturated heterocycles. The van der Waals surface area contributed by atoms with Gasteiger partial charge in [-0.25, -0.2) is 4.98 Å². The van der Waals surface area contributed by atoms with Gasteiger partial charge in [0.15, 0.2) is 0 Å². The minimum absolute atomic E-state index is 0. The highest BCUT2D eigenvalue weighted by Gasteiger charge is 2.04. The van der Waals surface area contributed by atoms with Gasteiger partial charge in [-0.2, -0.15) is 0 Å². The van der Waals surface area contributed by atoms with Crippen molar-refractivity contribution >= 4 is 46.4 Å². The fourth-order valence-corrected chi connectivity index (χ4v) is 2.39. The van der Waals surface area contributed by atoms with E-state index in [2.05, 4.69) is 11.1 Å². The van der Waals surface area contributed by atoms with Crippen LogP contribution in [0.25, 0.3) is 10.2 Å². The lowest BCUT2D eigenvalue weighted by Gasteiger charge is -1.98. The van der Waals surface area contributed by atoms with Crippen LogP contribution in [-0.4, -0.2) is 11.0 Å². The fraction of sp³-hybridized carbons (Fsp3) is 0.300. The molecule has 0 spiro atoms. The highest BCUT2D eigenvalue weighted by atomic mass is 35.5. The van der Waals surface area contributed by atoms with Crippen molar-refractivity contribution in [3.8, 4) is 0 Å². The van der Waals surface area contributed by atoms with E-state index < -0.39 is 0 Å². The summed E-state index contributed by atoms with van der Waals surface area (Å²) < 4.78 is 1.25. The molecule has 15 heavy (non-hydrogen) atoms. The molecule has 0 saturated carbocycles. The number of rotatable bonds is 2. The summed E-state index contributed by atoms with van der Waals surface area (Å²) in [6.07, 6.45) is 0.874. The van der Waals surface area contributed by atoms with Crippen LogP contribution in [0.4, 0.5) is 0 Å². The lowest BCUT2D eigenvalue weighted by atomic mass is 10.3. The Hall–Kier alpha value is -0.350. The molecule has 1 aromatic carbocycles. The number of aromatic nitrogens is 1. The molecule has 0 amide bonds. The first-order valence-electron chi connectivity index (χ1n) is 4.36. The van der Waals surface area contributed by atoms with Crippen LogP contribution < -0.4 is 5.73 Å². The molecule has 2 aromatic rings. The minimum atomic E-state index is 0. The topological polar surface area (TPSA) is 38.9 Å². The van der Waals surface area contributed by atoms with Gasteiger partial charge in [0.25, 0.3) is 0 Å². The normalized spacial score (nSPS) is 11.6. The average Bonchev–Trinajstić information content (AvgIpc) is 2.44. The largest absolute Gasteiger partial charge is 0.328 e. The van der Waals surface area contributed by atoms with Crippen LogP contribution >= 0.6 is 36.2 Å². The predicted molar refractivity (Wildman–Crippen MR) is 71.5 cm³/mol. The van der Waals surface area contributed by atoms with Crippen LogP contribution in [0, 0.1) is 0 Å². The first-order chi connectivity index (χ1) is 6.25. The smallest absolute Gasteiger partial charge is 0.0953 e.